The molecule has 0 aromatic heterocycles. The van der Waals surface area contributed by atoms with E-state index in [9.17, 15) is 8.78 Å². The van der Waals surface area contributed by atoms with Crippen LogP contribution in [0.5, 0.6) is 5.75 Å². The van der Waals surface area contributed by atoms with Gasteiger partial charge in [0.1, 0.15) is 0 Å². The number of aryl methyl sites for hydroxylation is 1. The third kappa shape index (κ3) is 2.91. The maximum atomic E-state index is 13.4. The maximum Gasteiger partial charge on any atom is 0.200 e. The van der Waals surface area contributed by atoms with E-state index in [0.717, 1.165) is 19.3 Å². The Bertz CT molecular complexity index is 324. The topological polar surface area (TPSA) is 9.23 Å². The van der Waals surface area contributed by atoms with Crippen molar-refractivity contribution < 1.29 is 13.5 Å². The van der Waals surface area contributed by atoms with Gasteiger partial charge in [0, 0.05) is 0 Å². The van der Waals surface area contributed by atoms with Crippen LogP contribution in [0.2, 0.25) is 0 Å². The summed E-state index contributed by atoms with van der Waals surface area (Å²) in [7, 11) is 1.33. The van der Waals surface area contributed by atoms with Crippen molar-refractivity contribution in [1.82, 2.24) is 0 Å². The Hall–Kier alpha value is -1.12. The molecule has 0 unspecified atom stereocenters. The lowest BCUT2D eigenvalue weighted by Gasteiger charge is -2.07. The summed E-state index contributed by atoms with van der Waals surface area (Å²) in [4.78, 5) is 0. The monoisotopic (exact) mass is 214 g/mol. The van der Waals surface area contributed by atoms with E-state index in [-0.39, 0.29) is 5.75 Å². The smallest absolute Gasteiger partial charge is 0.200 e. The third-order valence-corrected chi connectivity index (χ3v) is 2.40. The van der Waals surface area contributed by atoms with Gasteiger partial charge in [-0.25, -0.2) is 4.39 Å². The van der Waals surface area contributed by atoms with Crippen LogP contribution >= 0.6 is 0 Å². The Morgan fingerprint density at radius 1 is 1.13 bits per heavy atom. The molecule has 0 radical (unpaired) electrons. The Morgan fingerprint density at radius 2 is 1.87 bits per heavy atom. The fraction of sp³-hybridized carbons (Fsp3) is 0.500. The van der Waals surface area contributed by atoms with E-state index in [1.54, 1.807) is 6.07 Å². The molecule has 0 aliphatic carbocycles. The molecule has 84 valence electrons. The highest BCUT2D eigenvalue weighted by Crippen LogP contribution is 2.23. The molecule has 15 heavy (non-hydrogen) atoms. The zero-order valence-corrected chi connectivity index (χ0v) is 9.15. The molecule has 0 bridgehead atoms. The summed E-state index contributed by atoms with van der Waals surface area (Å²) >= 11 is 0. The molecular formula is C12H16F2O. The van der Waals surface area contributed by atoms with Gasteiger partial charge in [-0.3, -0.25) is 0 Å². The lowest BCUT2D eigenvalue weighted by molar-refractivity contribution is 0.370. The molecule has 3 heteroatoms. The van der Waals surface area contributed by atoms with Crippen molar-refractivity contribution >= 4 is 0 Å². The van der Waals surface area contributed by atoms with Gasteiger partial charge >= 0.3 is 0 Å². The summed E-state index contributed by atoms with van der Waals surface area (Å²) in [6.07, 6.45) is 3.58. The van der Waals surface area contributed by atoms with Crippen LogP contribution in [0, 0.1) is 11.6 Å². The Kier molecular flexibility index (Phi) is 4.53. The van der Waals surface area contributed by atoms with Gasteiger partial charge in [-0.2, -0.15) is 4.39 Å². The van der Waals surface area contributed by atoms with Crippen molar-refractivity contribution in [2.45, 2.75) is 32.6 Å². The van der Waals surface area contributed by atoms with Crippen molar-refractivity contribution in [2.75, 3.05) is 7.11 Å². The number of unbranched alkanes of at least 4 members (excludes halogenated alkanes) is 2. The summed E-state index contributed by atoms with van der Waals surface area (Å²) in [6, 6.07) is 3.06. The molecular weight excluding hydrogens is 198 g/mol. The molecule has 0 spiro atoms. The average Bonchev–Trinajstić information content (AvgIpc) is 2.25. The van der Waals surface area contributed by atoms with Crippen LogP contribution in [-0.4, -0.2) is 7.11 Å². The Balaban J connectivity index is 2.77. The fourth-order valence-corrected chi connectivity index (χ4v) is 1.49. The summed E-state index contributed by atoms with van der Waals surface area (Å²) in [5.74, 6) is -1.69. The zero-order chi connectivity index (χ0) is 11.3. The van der Waals surface area contributed by atoms with Gasteiger partial charge in [0.25, 0.3) is 0 Å². The molecule has 0 aliphatic rings. The van der Waals surface area contributed by atoms with Crippen LogP contribution in [0.3, 0.4) is 0 Å². The lowest BCUT2D eigenvalue weighted by Crippen LogP contribution is -1.98. The Labute approximate surface area is 89.1 Å². The summed E-state index contributed by atoms with van der Waals surface area (Å²) in [6.45, 7) is 2.07. The molecule has 0 aliphatic heterocycles. The number of ether oxygens (including phenoxy) is 1. The quantitative estimate of drug-likeness (QED) is 0.679. The molecule has 0 saturated carbocycles. The molecule has 0 N–H and O–H groups in total. The highest BCUT2D eigenvalue weighted by atomic mass is 19.2. The fourth-order valence-electron chi connectivity index (χ4n) is 1.49. The minimum atomic E-state index is -0.883. The molecule has 0 atom stereocenters. The largest absolute Gasteiger partial charge is 0.494 e. The minimum Gasteiger partial charge on any atom is -0.494 e. The van der Waals surface area contributed by atoms with Crippen LogP contribution in [0.1, 0.15) is 31.7 Å². The first-order chi connectivity index (χ1) is 7.20. The lowest BCUT2D eigenvalue weighted by atomic mass is 10.1. The predicted molar refractivity (Wildman–Crippen MR) is 56.1 cm³/mol. The predicted octanol–water partition coefficient (Wildman–Crippen LogP) is 3.71. The number of hydrogen-bond acceptors (Lipinski definition) is 1. The van der Waals surface area contributed by atoms with E-state index < -0.39 is 11.6 Å². The number of benzene rings is 1. The average molecular weight is 214 g/mol. The van der Waals surface area contributed by atoms with Crippen LogP contribution in [0.4, 0.5) is 8.78 Å². The van der Waals surface area contributed by atoms with Gasteiger partial charge in [0.15, 0.2) is 11.6 Å². The highest BCUT2D eigenvalue weighted by Gasteiger charge is 2.12. The second-order valence-corrected chi connectivity index (χ2v) is 3.51. The molecule has 0 amide bonds. The van der Waals surface area contributed by atoms with Gasteiger partial charge in [-0.15, -0.1) is 0 Å². The molecule has 1 aromatic rings. The SMILES string of the molecule is CCCCCc1ccc(OC)c(F)c1F. The minimum absolute atomic E-state index is 0.0354. The van der Waals surface area contributed by atoms with E-state index in [0.29, 0.717) is 12.0 Å². The van der Waals surface area contributed by atoms with Crippen molar-refractivity contribution in [2.24, 2.45) is 0 Å². The van der Waals surface area contributed by atoms with Crippen LogP contribution in [0.25, 0.3) is 0 Å². The van der Waals surface area contributed by atoms with Crippen LogP contribution in [0.15, 0.2) is 12.1 Å². The highest BCUT2D eigenvalue weighted by molar-refractivity contribution is 5.31. The number of halogens is 2. The zero-order valence-electron chi connectivity index (χ0n) is 9.15. The van der Waals surface area contributed by atoms with E-state index in [1.807, 2.05) is 0 Å². The first-order valence-corrected chi connectivity index (χ1v) is 5.21. The molecule has 0 saturated heterocycles. The first kappa shape index (κ1) is 12.0. The molecule has 1 aromatic carbocycles. The molecule has 1 rings (SSSR count). The summed E-state index contributed by atoms with van der Waals surface area (Å²) in [5, 5.41) is 0. The van der Waals surface area contributed by atoms with E-state index in [2.05, 4.69) is 6.92 Å². The van der Waals surface area contributed by atoms with Gasteiger partial charge in [0.2, 0.25) is 5.82 Å². The van der Waals surface area contributed by atoms with Crippen LogP contribution < -0.4 is 4.74 Å². The number of rotatable bonds is 5. The molecule has 0 fully saturated rings. The number of methoxy groups -OCH3 is 1. The maximum absolute atomic E-state index is 13.4. The standard InChI is InChI=1S/C12H16F2O/c1-3-4-5-6-9-7-8-10(15-2)12(14)11(9)13/h7-8H,3-6H2,1-2H3. The number of hydrogen-bond donors (Lipinski definition) is 0. The second kappa shape index (κ2) is 5.69. The summed E-state index contributed by atoms with van der Waals surface area (Å²) in [5.41, 5.74) is 0.432. The third-order valence-electron chi connectivity index (χ3n) is 2.40. The van der Waals surface area contributed by atoms with E-state index >= 15 is 0 Å². The van der Waals surface area contributed by atoms with E-state index in [4.69, 9.17) is 4.74 Å². The molecule has 1 nitrogen and oxygen atoms in total. The second-order valence-electron chi connectivity index (χ2n) is 3.51. The van der Waals surface area contributed by atoms with Gasteiger partial charge in [-0.1, -0.05) is 25.8 Å². The van der Waals surface area contributed by atoms with Crippen molar-refractivity contribution in [3.05, 3.63) is 29.3 Å². The van der Waals surface area contributed by atoms with Crippen molar-refractivity contribution in [1.29, 1.82) is 0 Å². The van der Waals surface area contributed by atoms with Crippen LogP contribution in [-0.2, 0) is 6.42 Å². The van der Waals surface area contributed by atoms with Gasteiger partial charge in [-0.05, 0) is 24.5 Å². The van der Waals surface area contributed by atoms with Crippen molar-refractivity contribution in [3.63, 3.8) is 0 Å². The van der Waals surface area contributed by atoms with E-state index in [1.165, 1.54) is 13.2 Å². The Morgan fingerprint density at radius 3 is 2.47 bits per heavy atom. The van der Waals surface area contributed by atoms with Gasteiger partial charge in [0.05, 0.1) is 7.11 Å². The summed E-state index contributed by atoms with van der Waals surface area (Å²) < 4.78 is 31.4. The molecule has 0 heterocycles. The normalized spacial score (nSPS) is 10.4. The van der Waals surface area contributed by atoms with Crippen molar-refractivity contribution in [3.8, 4) is 5.75 Å². The first-order valence-electron chi connectivity index (χ1n) is 5.21. The van der Waals surface area contributed by atoms with Gasteiger partial charge < -0.3 is 4.74 Å².